The van der Waals surface area contributed by atoms with Gasteiger partial charge in [0.15, 0.2) is 0 Å². The number of carboxylic acid groups (broad SMARTS) is 1. The van der Waals surface area contributed by atoms with Gasteiger partial charge in [0, 0.05) is 13.5 Å². The Morgan fingerprint density at radius 2 is 2.24 bits per heavy atom. The van der Waals surface area contributed by atoms with E-state index >= 15 is 0 Å². The van der Waals surface area contributed by atoms with Gasteiger partial charge < -0.3 is 15.2 Å². The average molecular weight is 239 g/mol. The van der Waals surface area contributed by atoms with E-state index in [2.05, 4.69) is 11.2 Å². The number of rotatable bonds is 6. The van der Waals surface area contributed by atoms with E-state index in [1.807, 2.05) is 0 Å². The molecule has 0 aliphatic heterocycles. The van der Waals surface area contributed by atoms with Crippen LogP contribution < -0.4 is 5.32 Å². The first-order valence-corrected chi connectivity index (χ1v) is 5.54. The molecule has 1 amide bonds. The maximum atomic E-state index is 11.7. The lowest BCUT2D eigenvalue weighted by Crippen LogP contribution is -2.47. The number of nitrogens with one attached hydrogen (secondary N) is 1. The molecule has 2 N–H and O–H groups in total. The Morgan fingerprint density at radius 1 is 1.59 bits per heavy atom. The summed E-state index contributed by atoms with van der Waals surface area (Å²) in [4.78, 5) is 22.5. The van der Waals surface area contributed by atoms with Crippen LogP contribution >= 0.6 is 0 Å². The number of hydrogen-bond donors (Lipinski definition) is 2. The third-order valence-corrected chi connectivity index (χ3v) is 3.14. The minimum atomic E-state index is -1.11. The van der Waals surface area contributed by atoms with E-state index in [1.54, 1.807) is 7.11 Å². The fourth-order valence-electron chi connectivity index (χ4n) is 1.88. The molecule has 0 aromatic rings. The van der Waals surface area contributed by atoms with Gasteiger partial charge in [-0.05, 0) is 19.3 Å². The maximum absolute atomic E-state index is 11.7. The quantitative estimate of drug-likeness (QED) is 0.663. The number of terminal acetylenes is 1. The molecule has 0 spiro atoms. The molecule has 1 aliphatic carbocycles. The number of amides is 1. The van der Waals surface area contributed by atoms with E-state index in [0.29, 0.717) is 0 Å². The van der Waals surface area contributed by atoms with Gasteiger partial charge in [-0.3, -0.25) is 4.79 Å². The Hall–Kier alpha value is -1.54. The largest absolute Gasteiger partial charge is 0.480 e. The molecule has 1 aliphatic rings. The molecule has 1 fully saturated rings. The van der Waals surface area contributed by atoms with Gasteiger partial charge in [-0.25, -0.2) is 4.79 Å². The number of carbonyl (C=O) groups excluding carboxylic acids is 1. The van der Waals surface area contributed by atoms with Crippen molar-refractivity contribution in [2.45, 2.75) is 43.7 Å². The van der Waals surface area contributed by atoms with E-state index in [-0.39, 0.29) is 18.7 Å². The Kier molecular flexibility index (Phi) is 4.53. The predicted molar refractivity (Wildman–Crippen MR) is 61.2 cm³/mol. The number of carbonyl (C=O) groups is 2. The van der Waals surface area contributed by atoms with Gasteiger partial charge in [-0.2, -0.15) is 0 Å². The second kappa shape index (κ2) is 5.69. The molecule has 5 nitrogen and oxygen atoms in total. The molecule has 0 aromatic carbocycles. The molecule has 5 heteroatoms. The molecule has 1 rings (SSSR count). The van der Waals surface area contributed by atoms with Crippen LogP contribution in [0.1, 0.15) is 32.1 Å². The van der Waals surface area contributed by atoms with E-state index in [9.17, 15) is 9.59 Å². The fraction of sp³-hybridized carbons (Fsp3) is 0.667. The van der Waals surface area contributed by atoms with Crippen molar-refractivity contribution in [1.82, 2.24) is 5.32 Å². The highest BCUT2D eigenvalue weighted by molar-refractivity contribution is 5.84. The van der Waals surface area contributed by atoms with Crippen molar-refractivity contribution in [3.8, 4) is 12.3 Å². The van der Waals surface area contributed by atoms with Gasteiger partial charge in [0.25, 0.3) is 0 Å². The van der Waals surface area contributed by atoms with Crippen LogP contribution in [0.3, 0.4) is 0 Å². The molecule has 0 radical (unpaired) electrons. The monoisotopic (exact) mass is 239 g/mol. The summed E-state index contributed by atoms with van der Waals surface area (Å²) in [5, 5.41) is 11.3. The first-order valence-electron chi connectivity index (χ1n) is 5.54. The van der Waals surface area contributed by atoms with Gasteiger partial charge in [-0.1, -0.05) is 0 Å². The molecule has 17 heavy (non-hydrogen) atoms. The average Bonchev–Trinajstić information content (AvgIpc) is 2.22. The van der Waals surface area contributed by atoms with Crippen molar-refractivity contribution in [2.24, 2.45) is 0 Å². The summed E-state index contributed by atoms with van der Waals surface area (Å²) in [5.74, 6) is 0.793. The van der Waals surface area contributed by atoms with Gasteiger partial charge in [-0.15, -0.1) is 12.3 Å². The summed E-state index contributed by atoms with van der Waals surface area (Å²) in [6.07, 6.45) is 7.93. The summed E-state index contributed by atoms with van der Waals surface area (Å²) in [6, 6.07) is -1.01. The zero-order valence-corrected chi connectivity index (χ0v) is 9.86. The van der Waals surface area contributed by atoms with E-state index in [1.165, 1.54) is 0 Å². The molecule has 94 valence electrons. The molecule has 1 unspecified atom stereocenters. The summed E-state index contributed by atoms with van der Waals surface area (Å²) >= 11 is 0. The highest BCUT2D eigenvalue weighted by Crippen LogP contribution is 2.37. The van der Waals surface area contributed by atoms with Gasteiger partial charge in [0.2, 0.25) is 5.91 Å². The second-order valence-electron chi connectivity index (χ2n) is 4.28. The van der Waals surface area contributed by atoms with Crippen LogP contribution in [0.25, 0.3) is 0 Å². The molecule has 0 heterocycles. The minimum Gasteiger partial charge on any atom is -0.480 e. The Morgan fingerprint density at radius 3 is 2.59 bits per heavy atom. The zero-order valence-electron chi connectivity index (χ0n) is 9.86. The number of carboxylic acids is 1. The van der Waals surface area contributed by atoms with Crippen molar-refractivity contribution in [3.63, 3.8) is 0 Å². The van der Waals surface area contributed by atoms with Crippen LogP contribution in [0.4, 0.5) is 0 Å². The second-order valence-corrected chi connectivity index (χ2v) is 4.28. The van der Waals surface area contributed by atoms with Gasteiger partial charge in [0.05, 0.1) is 12.0 Å². The van der Waals surface area contributed by atoms with Crippen LogP contribution in [-0.4, -0.2) is 35.7 Å². The Bertz CT molecular complexity index is 335. The zero-order chi connectivity index (χ0) is 12.9. The minimum absolute atomic E-state index is 0.0128. The predicted octanol–water partition coefficient (Wildman–Crippen LogP) is 0.538. The van der Waals surface area contributed by atoms with Gasteiger partial charge >= 0.3 is 5.97 Å². The normalized spacial score (nSPS) is 18.6. The number of aliphatic carboxylic acids is 1. The fourth-order valence-corrected chi connectivity index (χ4v) is 1.88. The van der Waals surface area contributed by atoms with Crippen molar-refractivity contribution in [2.75, 3.05) is 7.11 Å². The molecule has 0 aromatic heterocycles. The van der Waals surface area contributed by atoms with E-state index in [4.69, 9.17) is 16.3 Å². The smallest absolute Gasteiger partial charge is 0.327 e. The van der Waals surface area contributed by atoms with Crippen LogP contribution in [0.2, 0.25) is 0 Å². The van der Waals surface area contributed by atoms with Crippen LogP contribution in [-0.2, 0) is 14.3 Å². The molecular formula is C12H17NO4. The molecule has 1 atom stereocenters. The van der Waals surface area contributed by atoms with E-state index < -0.39 is 17.6 Å². The summed E-state index contributed by atoms with van der Waals surface area (Å²) in [7, 11) is 1.57. The number of ether oxygens (including phenoxy) is 1. The van der Waals surface area contributed by atoms with Crippen LogP contribution in [0, 0.1) is 12.3 Å². The topological polar surface area (TPSA) is 75.6 Å². The number of hydrogen-bond acceptors (Lipinski definition) is 3. The molecule has 1 saturated carbocycles. The van der Waals surface area contributed by atoms with Crippen molar-refractivity contribution in [1.29, 1.82) is 0 Å². The first kappa shape index (κ1) is 13.5. The standard InChI is InChI=1S/C12H17NO4/c1-3-5-9(11(15)16)13-10(14)8-12(17-2)6-4-7-12/h1,9H,4-8H2,2H3,(H,13,14)(H,15,16). The lowest BCUT2D eigenvalue weighted by atomic mass is 9.77. The van der Waals surface area contributed by atoms with Crippen LogP contribution in [0.15, 0.2) is 0 Å². The van der Waals surface area contributed by atoms with Gasteiger partial charge in [0.1, 0.15) is 6.04 Å². The first-order chi connectivity index (χ1) is 8.03. The number of methoxy groups -OCH3 is 1. The molecule has 0 bridgehead atoms. The highest BCUT2D eigenvalue weighted by Gasteiger charge is 2.39. The SMILES string of the molecule is C#CCC(NC(=O)CC1(OC)CCC1)C(=O)O. The van der Waals surface area contributed by atoms with Crippen molar-refractivity contribution < 1.29 is 19.4 Å². The summed E-state index contributed by atoms with van der Waals surface area (Å²) in [6.45, 7) is 0. The molecule has 0 saturated heterocycles. The third-order valence-electron chi connectivity index (χ3n) is 3.14. The molecular weight excluding hydrogens is 222 g/mol. The highest BCUT2D eigenvalue weighted by atomic mass is 16.5. The summed E-state index contributed by atoms with van der Waals surface area (Å²) in [5.41, 5.74) is -0.400. The third kappa shape index (κ3) is 3.46. The lowest BCUT2D eigenvalue weighted by Gasteiger charge is -2.40. The van der Waals surface area contributed by atoms with Crippen molar-refractivity contribution in [3.05, 3.63) is 0 Å². The van der Waals surface area contributed by atoms with Crippen molar-refractivity contribution >= 4 is 11.9 Å². The van der Waals surface area contributed by atoms with Crippen LogP contribution in [0.5, 0.6) is 0 Å². The van der Waals surface area contributed by atoms with E-state index in [0.717, 1.165) is 19.3 Å². The Balaban J connectivity index is 2.48. The lowest BCUT2D eigenvalue weighted by molar-refractivity contribution is -0.144. The summed E-state index contributed by atoms with van der Waals surface area (Å²) < 4.78 is 5.30. The Labute approximate surface area is 101 Å². The maximum Gasteiger partial charge on any atom is 0.327 e.